The first kappa shape index (κ1) is 19.7. The van der Waals surface area contributed by atoms with Gasteiger partial charge in [0.2, 0.25) is 17.2 Å². The fourth-order valence-electron chi connectivity index (χ4n) is 2.78. The molecule has 0 bridgehead atoms. The Kier molecular flexibility index (Phi) is 5.98. The van der Waals surface area contributed by atoms with Crippen LogP contribution in [0.1, 0.15) is 16.8 Å². The second kappa shape index (κ2) is 8.79. The van der Waals surface area contributed by atoms with Crippen LogP contribution in [0.25, 0.3) is 10.9 Å². The Morgan fingerprint density at radius 2 is 1.86 bits per heavy atom. The van der Waals surface area contributed by atoms with Crippen LogP contribution in [0.3, 0.4) is 0 Å². The lowest BCUT2D eigenvalue weighted by Crippen LogP contribution is -2.33. The van der Waals surface area contributed by atoms with E-state index in [1.807, 2.05) is 0 Å². The minimum Gasteiger partial charge on any atom is -0.368 e. The zero-order valence-corrected chi connectivity index (χ0v) is 15.4. The fourth-order valence-corrected chi connectivity index (χ4v) is 2.78. The largest absolute Gasteiger partial charge is 0.368 e. The van der Waals surface area contributed by atoms with Gasteiger partial charge in [-0.25, -0.2) is 0 Å². The first-order chi connectivity index (χ1) is 13.9. The van der Waals surface area contributed by atoms with Gasteiger partial charge < -0.3 is 16.4 Å². The number of nitrogens with two attached hydrogens (primary N) is 1. The first-order valence-electron chi connectivity index (χ1n) is 8.85. The van der Waals surface area contributed by atoms with E-state index >= 15 is 0 Å². The molecular formula is C20H19N5O4. The number of hydrogen-bond acceptors (Lipinski definition) is 5. The van der Waals surface area contributed by atoms with Gasteiger partial charge in [-0.05, 0) is 30.3 Å². The monoisotopic (exact) mass is 393 g/mol. The third-order valence-corrected chi connectivity index (χ3v) is 4.14. The Balaban J connectivity index is 1.64. The molecule has 0 aliphatic rings. The van der Waals surface area contributed by atoms with Gasteiger partial charge >= 0.3 is 0 Å². The van der Waals surface area contributed by atoms with Gasteiger partial charge in [0, 0.05) is 23.1 Å². The lowest BCUT2D eigenvalue weighted by Gasteiger charge is -2.10. The molecule has 4 N–H and O–H groups in total. The van der Waals surface area contributed by atoms with E-state index in [9.17, 15) is 19.2 Å². The predicted octanol–water partition coefficient (Wildman–Crippen LogP) is 0.640. The summed E-state index contributed by atoms with van der Waals surface area (Å²) < 4.78 is 1.60. The molecular weight excluding hydrogens is 374 g/mol. The maximum atomic E-state index is 12.3. The van der Waals surface area contributed by atoms with Crippen molar-refractivity contribution in [2.75, 3.05) is 11.9 Å². The van der Waals surface area contributed by atoms with Crippen LogP contribution in [0.2, 0.25) is 0 Å². The van der Waals surface area contributed by atoms with E-state index in [-0.39, 0.29) is 36.4 Å². The summed E-state index contributed by atoms with van der Waals surface area (Å²) in [7, 11) is 0. The second-order valence-electron chi connectivity index (χ2n) is 6.28. The van der Waals surface area contributed by atoms with Crippen molar-refractivity contribution in [1.29, 1.82) is 0 Å². The molecule has 0 atom stereocenters. The number of benzene rings is 2. The van der Waals surface area contributed by atoms with Crippen LogP contribution in [0, 0.1) is 0 Å². The summed E-state index contributed by atoms with van der Waals surface area (Å²) in [5.74, 6) is -1.39. The molecule has 3 aromatic rings. The van der Waals surface area contributed by atoms with Gasteiger partial charge in [-0.15, -0.1) is 0 Å². The maximum Gasteiger partial charge on any atom is 0.251 e. The predicted molar refractivity (Wildman–Crippen MR) is 107 cm³/mol. The minimum atomic E-state index is -0.647. The summed E-state index contributed by atoms with van der Waals surface area (Å²) >= 11 is 0. The summed E-state index contributed by atoms with van der Waals surface area (Å²) in [5.41, 5.74) is 6.22. The van der Waals surface area contributed by atoms with Crippen LogP contribution in [0.15, 0.2) is 59.5 Å². The number of rotatable bonds is 7. The zero-order chi connectivity index (χ0) is 20.8. The highest BCUT2D eigenvalue weighted by molar-refractivity contribution is 5.98. The van der Waals surface area contributed by atoms with Crippen molar-refractivity contribution in [3.8, 4) is 0 Å². The molecule has 2 aromatic carbocycles. The van der Waals surface area contributed by atoms with Crippen LogP contribution in [0.5, 0.6) is 0 Å². The van der Waals surface area contributed by atoms with Crippen molar-refractivity contribution in [3.05, 3.63) is 70.5 Å². The normalized spacial score (nSPS) is 10.5. The van der Waals surface area contributed by atoms with Crippen molar-refractivity contribution in [2.45, 2.75) is 13.0 Å². The van der Waals surface area contributed by atoms with E-state index < -0.39 is 11.8 Å². The highest BCUT2D eigenvalue weighted by atomic mass is 16.2. The number of nitrogens with zero attached hydrogens (tertiary/aromatic N) is 2. The molecule has 0 spiro atoms. The van der Waals surface area contributed by atoms with Crippen molar-refractivity contribution in [3.63, 3.8) is 0 Å². The third kappa shape index (κ3) is 5.04. The van der Waals surface area contributed by atoms with Gasteiger partial charge in [0.15, 0.2) is 0 Å². The Bertz CT molecular complexity index is 1140. The number of aromatic nitrogens is 2. The molecule has 9 nitrogen and oxygen atoms in total. The lowest BCUT2D eigenvalue weighted by molar-refractivity contribution is -0.117. The Labute approximate surface area is 165 Å². The van der Waals surface area contributed by atoms with Crippen molar-refractivity contribution < 1.29 is 14.4 Å². The second-order valence-corrected chi connectivity index (χ2v) is 6.28. The number of para-hydroxylation sites is 1. The number of nitrogens with one attached hydrogen (secondary N) is 2. The molecule has 0 saturated heterocycles. The van der Waals surface area contributed by atoms with E-state index in [4.69, 9.17) is 5.73 Å². The van der Waals surface area contributed by atoms with Gasteiger partial charge in [-0.3, -0.25) is 23.9 Å². The number of amides is 3. The number of carbonyl (C=O) groups excluding carboxylic acids is 3. The van der Waals surface area contributed by atoms with Crippen LogP contribution >= 0.6 is 0 Å². The van der Waals surface area contributed by atoms with Gasteiger partial charge in [0.1, 0.15) is 0 Å². The fraction of sp³-hybridized carbons (Fsp3) is 0.150. The van der Waals surface area contributed by atoms with Crippen LogP contribution < -0.4 is 21.8 Å². The molecule has 29 heavy (non-hydrogen) atoms. The van der Waals surface area contributed by atoms with E-state index in [1.54, 1.807) is 47.1 Å². The first-order valence-corrected chi connectivity index (χ1v) is 8.85. The van der Waals surface area contributed by atoms with Crippen LogP contribution in [0.4, 0.5) is 5.69 Å². The van der Waals surface area contributed by atoms with Gasteiger partial charge in [0.25, 0.3) is 5.91 Å². The highest BCUT2D eigenvalue weighted by Crippen LogP contribution is 2.12. The molecule has 0 unspecified atom stereocenters. The standard InChI is InChI=1S/C20H19N5O4/c21-18(27)12-22-20(29)13-4-3-5-14(10-13)24-19(28)8-9-25-16-7-2-1-6-15(16)17(26)11-23-25/h1-7,10-11H,8-9,12H2,(H2,21,27)(H,22,29)(H,24,28). The molecule has 148 valence electrons. The summed E-state index contributed by atoms with van der Waals surface area (Å²) in [6.45, 7) is 0.0150. The molecule has 9 heteroatoms. The number of hydrogen-bond donors (Lipinski definition) is 3. The summed E-state index contributed by atoms with van der Waals surface area (Å²) in [6, 6.07) is 13.4. The summed E-state index contributed by atoms with van der Waals surface area (Å²) in [6.07, 6.45) is 1.35. The topological polar surface area (TPSA) is 136 Å². The maximum absolute atomic E-state index is 12.3. The van der Waals surface area contributed by atoms with Gasteiger partial charge in [0.05, 0.1) is 24.8 Å². The molecule has 0 radical (unpaired) electrons. The molecule has 0 saturated carbocycles. The average Bonchev–Trinajstić information content (AvgIpc) is 2.72. The SMILES string of the molecule is NC(=O)CNC(=O)c1cccc(NC(=O)CCn2ncc(=O)c3ccccc32)c1. The van der Waals surface area contributed by atoms with Crippen molar-refractivity contribution in [2.24, 2.45) is 5.73 Å². The van der Waals surface area contributed by atoms with E-state index in [0.717, 1.165) is 0 Å². The highest BCUT2D eigenvalue weighted by Gasteiger charge is 2.10. The minimum absolute atomic E-state index is 0.123. The number of anilines is 1. The quantitative estimate of drug-likeness (QED) is 0.541. The molecule has 0 aliphatic carbocycles. The van der Waals surface area contributed by atoms with E-state index in [2.05, 4.69) is 15.7 Å². The molecule has 0 aliphatic heterocycles. The molecule has 0 fully saturated rings. The third-order valence-electron chi connectivity index (χ3n) is 4.14. The molecule has 1 heterocycles. The van der Waals surface area contributed by atoms with Gasteiger partial charge in [-0.1, -0.05) is 18.2 Å². The summed E-state index contributed by atoms with van der Waals surface area (Å²) in [5, 5.41) is 9.73. The van der Waals surface area contributed by atoms with Crippen molar-refractivity contribution >= 4 is 34.3 Å². The number of aryl methyl sites for hydroxylation is 1. The van der Waals surface area contributed by atoms with Crippen LogP contribution in [-0.2, 0) is 16.1 Å². The van der Waals surface area contributed by atoms with E-state index in [1.165, 1.54) is 12.3 Å². The van der Waals surface area contributed by atoms with Crippen LogP contribution in [-0.4, -0.2) is 34.0 Å². The molecule has 3 rings (SSSR count). The van der Waals surface area contributed by atoms with Gasteiger partial charge in [-0.2, -0.15) is 5.10 Å². The Morgan fingerprint density at radius 1 is 1.07 bits per heavy atom. The average molecular weight is 393 g/mol. The number of primary amides is 1. The Hall–Kier alpha value is -4.01. The smallest absolute Gasteiger partial charge is 0.251 e. The lowest BCUT2D eigenvalue weighted by atomic mass is 10.2. The van der Waals surface area contributed by atoms with E-state index in [0.29, 0.717) is 16.6 Å². The Morgan fingerprint density at radius 3 is 2.66 bits per heavy atom. The number of carbonyl (C=O) groups is 3. The molecule has 1 aromatic heterocycles. The molecule has 3 amide bonds. The number of fused-ring (bicyclic) bond motifs is 1. The van der Waals surface area contributed by atoms with Crippen molar-refractivity contribution in [1.82, 2.24) is 15.1 Å². The zero-order valence-electron chi connectivity index (χ0n) is 15.4. The summed E-state index contributed by atoms with van der Waals surface area (Å²) in [4.78, 5) is 46.9.